The number of aromatic nitrogens is 4. The van der Waals surface area contributed by atoms with Crippen molar-refractivity contribution in [3.8, 4) is 5.75 Å². The van der Waals surface area contributed by atoms with Crippen molar-refractivity contribution in [1.82, 2.24) is 19.5 Å². The number of anilines is 2. The number of aromatic hydroxyl groups is 1. The van der Waals surface area contributed by atoms with Crippen LogP contribution in [0.4, 0.5) is 11.8 Å². The number of ether oxygens (including phenoxy) is 2. The molecule has 4 atom stereocenters. The number of hydrogen-bond donors (Lipinski definition) is 5. The van der Waals surface area contributed by atoms with E-state index in [1.54, 1.807) is 41.0 Å². The first-order chi connectivity index (χ1) is 17.8. The molecule has 13 heteroatoms. The molecule has 2 aromatic carbocycles. The average molecular weight is 547 g/mol. The molecule has 6 N–H and O–H groups in total. The van der Waals surface area contributed by atoms with Gasteiger partial charge >= 0.3 is 0 Å². The van der Waals surface area contributed by atoms with Gasteiger partial charge in [-0.15, -0.1) is 0 Å². The lowest BCUT2D eigenvalue weighted by atomic mass is 10.1. The van der Waals surface area contributed by atoms with Gasteiger partial charge in [-0.1, -0.05) is 41.4 Å². The van der Waals surface area contributed by atoms with Gasteiger partial charge in [0.05, 0.1) is 23.3 Å². The van der Waals surface area contributed by atoms with Gasteiger partial charge in [-0.2, -0.15) is 0 Å². The number of aliphatic hydroxyl groups excluding tert-OH is 2. The third-order valence-corrected chi connectivity index (χ3v) is 6.76. The van der Waals surface area contributed by atoms with Crippen LogP contribution in [0.3, 0.4) is 0 Å². The first kappa shape index (κ1) is 25.5. The van der Waals surface area contributed by atoms with Crippen molar-refractivity contribution in [2.75, 3.05) is 17.7 Å². The van der Waals surface area contributed by atoms with E-state index >= 15 is 0 Å². The Bertz CT molecular complexity index is 1400. The summed E-state index contributed by atoms with van der Waals surface area (Å²) in [6, 6.07) is 11.8. The number of rotatable bonds is 8. The number of phenolic OH excluding ortho intramolecular Hbond substituents is 1. The van der Waals surface area contributed by atoms with Crippen LogP contribution in [-0.4, -0.2) is 59.8 Å². The van der Waals surface area contributed by atoms with Crippen LogP contribution in [0.25, 0.3) is 11.2 Å². The Labute approximate surface area is 221 Å². The summed E-state index contributed by atoms with van der Waals surface area (Å²) < 4.78 is 13.3. The van der Waals surface area contributed by atoms with Crippen molar-refractivity contribution in [2.24, 2.45) is 0 Å². The van der Waals surface area contributed by atoms with Gasteiger partial charge in [0, 0.05) is 6.54 Å². The second-order valence-electron chi connectivity index (χ2n) is 8.57. The number of nitrogens with zero attached hydrogens (tertiary/aromatic N) is 4. The average Bonchev–Trinajstić information content (AvgIpc) is 3.39. The summed E-state index contributed by atoms with van der Waals surface area (Å²) in [7, 11) is 0. The molecule has 0 spiro atoms. The highest BCUT2D eigenvalue weighted by Crippen LogP contribution is 2.35. The molecule has 4 aromatic rings. The molecule has 194 valence electrons. The van der Waals surface area contributed by atoms with Crippen LogP contribution in [0.2, 0.25) is 10.0 Å². The Morgan fingerprint density at radius 3 is 2.54 bits per heavy atom. The third kappa shape index (κ3) is 5.28. The number of phenols is 1. The predicted molar refractivity (Wildman–Crippen MR) is 137 cm³/mol. The monoisotopic (exact) mass is 546 g/mol. The third-order valence-electron chi connectivity index (χ3n) is 6.02. The summed E-state index contributed by atoms with van der Waals surface area (Å²) >= 11 is 12.1. The van der Waals surface area contributed by atoms with Gasteiger partial charge in [-0.25, -0.2) is 15.0 Å². The maximum atomic E-state index is 10.9. The molecule has 1 saturated heterocycles. The van der Waals surface area contributed by atoms with Crippen LogP contribution in [0.1, 0.15) is 17.4 Å². The van der Waals surface area contributed by atoms with Crippen molar-refractivity contribution in [2.45, 2.75) is 37.7 Å². The van der Waals surface area contributed by atoms with Gasteiger partial charge in [0.2, 0.25) is 5.95 Å². The molecule has 1 fully saturated rings. The molecule has 0 radical (unpaired) electrons. The van der Waals surface area contributed by atoms with E-state index in [4.69, 9.17) is 38.4 Å². The van der Waals surface area contributed by atoms with Crippen LogP contribution < -0.4 is 11.1 Å². The van der Waals surface area contributed by atoms with Crippen molar-refractivity contribution in [3.05, 3.63) is 70.0 Å². The maximum Gasteiger partial charge on any atom is 0.207 e. The van der Waals surface area contributed by atoms with Gasteiger partial charge in [-0.3, -0.25) is 4.57 Å². The van der Waals surface area contributed by atoms with Crippen LogP contribution in [0.5, 0.6) is 5.75 Å². The number of benzene rings is 2. The summed E-state index contributed by atoms with van der Waals surface area (Å²) in [6.45, 7) is 0.575. The van der Waals surface area contributed by atoms with E-state index < -0.39 is 24.5 Å². The summed E-state index contributed by atoms with van der Waals surface area (Å²) in [6.07, 6.45) is -3.11. The molecular weight excluding hydrogens is 523 g/mol. The Hall–Kier alpha value is -3.19. The highest BCUT2D eigenvalue weighted by molar-refractivity contribution is 6.42. The molecule has 1 aliphatic rings. The molecule has 37 heavy (non-hydrogen) atoms. The zero-order valence-corrected chi connectivity index (χ0v) is 20.8. The number of imidazole rings is 1. The number of nitrogens with one attached hydrogen (secondary N) is 1. The highest BCUT2D eigenvalue weighted by Gasteiger charge is 2.45. The standard InChI is InChI=1S/C24H24Cl2N6O5/c25-15-6-3-13(7-16(15)26)8-28-24-31-18-21(27)29-11-30-22(18)32(24)23-20(35)19(34)17(37-23)10-36-9-12-1-4-14(33)5-2-12/h1-7,11,17,19-20,23,33-35H,8-10H2,(H,28,31)(H2,27,29,30)/t17-,19?,20+,23-/m1/s1. The fourth-order valence-corrected chi connectivity index (χ4v) is 4.41. The lowest BCUT2D eigenvalue weighted by Crippen LogP contribution is -2.34. The Morgan fingerprint density at radius 2 is 1.78 bits per heavy atom. The molecule has 1 unspecified atom stereocenters. The van der Waals surface area contributed by atoms with E-state index in [2.05, 4.69) is 20.3 Å². The molecule has 0 bridgehead atoms. The van der Waals surface area contributed by atoms with Crippen molar-refractivity contribution in [3.63, 3.8) is 0 Å². The minimum Gasteiger partial charge on any atom is -0.508 e. The number of aliphatic hydroxyl groups is 2. The van der Waals surface area contributed by atoms with E-state index in [1.807, 2.05) is 6.07 Å². The Morgan fingerprint density at radius 1 is 1.03 bits per heavy atom. The van der Waals surface area contributed by atoms with Crippen LogP contribution in [-0.2, 0) is 22.6 Å². The van der Waals surface area contributed by atoms with E-state index in [9.17, 15) is 15.3 Å². The molecule has 3 heterocycles. The molecule has 5 rings (SSSR count). The van der Waals surface area contributed by atoms with E-state index in [0.29, 0.717) is 33.7 Å². The van der Waals surface area contributed by atoms with Crippen LogP contribution >= 0.6 is 23.2 Å². The largest absolute Gasteiger partial charge is 0.508 e. The van der Waals surface area contributed by atoms with Crippen LogP contribution in [0.15, 0.2) is 48.8 Å². The molecule has 0 amide bonds. The smallest absolute Gasteiger partial charge is 0.207 e. The molecular formula is C24H24Cl2N6O5. The van der Waals surface area contributed by atoms with Gasteiger partial charge in [-0.05, 0) is 35.4 Å². The topological polar surface area (TPSA) is 161 Å². The fourth-order valence-electron chi connectivity index (χ4n) is 4.09. The number of halogens is 2. The first-order valence-electron chi connectivity index (χ1n) is 11.3. The van der Waals surface area contributed by atoms with Gasteiger partial charge in [0.25, 0.3) is 0 Å². The van der Waals surface area contributed by atoms with Crippen molar-refractivity contribution in [1.29, 1.82) is 0 Å². The molecule has 1 aliphatic heterocycles. The SMILES string of the molecule is Nc1ncnc2c1nc(NCc1ccc(Cl)c(Cl)c1)n2[C@@H]1O[C@H](COCc2ccc(O)cc2)C(O)[C@@H]1O. The first-order valence-corrected chi connectivity index (χ1v) is 12.1. The van der Waals surface area contributed by atoms with Crippen molar-refractivity contribution < 1.29 is 24.8 Å². The second-order valence-corrected chi connectivity index (χ2v) is 9.38. The quantitative estimate of drug-likeness (QED) is 0.222. The Kier molecular flexibility index (Phi) is 7.33. The lowest BCUT2D eigenvalue weighted by Gasteiger charge is -2.20. The second kappa shape index (κ2) is 10.7. The number of nitrogens with two attached hydrogens (primary N) is 1. The zero-order valence-electron chi connectivity index (χ0n) is 19.3. The van der Waals surface area contributed by atoms with Gasteiger partial charge in [0.1, 0.15) is 30.4 Å². The van der Waals surface area contributed by atoms with E-state index in [0.717, 1.165) is 11.1 Å². The summed E-state index contributed by atoms with van der Waals surface area (Å²) in [5, 5.41) is 35.1. The zero-order chi connectivity index (χ0) is 26.1. The molecule has 11 nitrogen and oxygen atoms in total. The van der Waals surface area contributed by atoms with Gasteiger partial charge in [0.15, 0.2) is 23.2 Å². The molecule has 2 aromatic heterocycles. The summed E-state index contributed by atoms with van der Waals surface area (Å²) in [5.74, 6) is 0.614. The highest BCUT2D eigenvalue weighted by atomic mass is 35.5. The fraction of sp³-hybridized carbons (Fsp3) is 0.292. The molecule has 0 aliphatic carbocycles. The number of fused-ring (bicyclic) bond motifs is 1. The van der Waals surface area contributed by atoms with E-state index in [-0.39, 0.29) is 24.8 Å². The van der Waals surface area contributed by atoms with E-state index in [1.165, 1.54) is 6.33 Å². The summed E-state index contributed by atoms with van der Waals surface area (Å²) in [5.41, 5.74) is 8.34. The number of hydrogen-bond acceptors (Lipinski definition) is 10. The van der Waals surface area contributed by atoms with Crippen molar-refractivity contribution >= 4 is 46.1 Å². The summed E-state index contributed by atoms with van der Waals surface area (Å²) in [4.78, 5) is 12.8. The Balaban J connectivity index is 1.36. The number of nitrogen functional groups attached to an aromatic ring is 1. The van der Waals surface area contributed by atoms with Gasteiger partial charge < -0.3 is 35.8 Å². The lowest BCUT2D eigenvalue weighted by molar-refractivity contribution is -0.0675. The predicted octanol–water partition coefficient (Wildman–Crippen LogP) is 2.87. The minimum atomic E-state index is -1.30. The minimum absolute atomic E-state index is 0.0192. The molecule has 0 saturated carbocycles. The maximum absolute atomic E-state index is 10.9. The van der Waals surface area contributed by atoms with Crippen LogP contribution in [0, 0.1) is 0 Å². The normalized spacial score (nSPS) is 21.5.